The van der Waals surface area contributed by atoms with Crippen molar-refractivity contribution in [2.45, 2.75) is 13.5 Å². The van der Waals surface area contributed by atoms with Crippen molar-refractivity contribution in [2.24, 2.45) is 0 Å². The van der Waals surface area contributed by atoms with E-state index in [0.29, 0.717) is 28.5 Å². The third-order valence-corrected chi connectivity index (χ3v) is 4.11. The monoisotopic (exact) mass is 383 g/mol. The van der Waals surface area contributed by atoms with Crippen molar-refractivity contribution in [2.75, 3.05) is 20.8 Å². The highest BCUT2D eigenvalue weighted by Gasteiger charge is 2.15. The van der Waals surface area contributed by atoms with Crippen molar-refractivity contribution in [3.05, 3.63) is 58.1 Å². The lowest BCUT2D eigenvalue weighted by atomic mass is 10.1. The van der Waals surface area contributed by atoms with E-state index in [1.807, 2.05) is 0 Å². The molecule has 0 saturated heterocycles. The predicted octanol–water partition coefficient (Wildman–Crippen LogP) is 1.39. The van der Waals surface area contributed by atoms with Crippen molar-refractivity contribution in [1.29, 1.82) is 0 Å². The summed E-state index contributed by atoms with van der Waals surface area (Å²) in [5.74, 6) is 0.936. The van der Waals surface area contributed by atoms with Gasteiger partial charge in [0, 0.05) is 18.2 Å². The number of hydrogen-bond acceptors (Lipinski definition) is 6. The third kappa shape index (κ3) is 4.20. The van der Waals surface area contributed by atoms with Crippen LogP contribution in [0.3, 0.4) is 0 Å². The molecule has 0 fully saturated rings. The highest BCUT2D eigenvalue weighted by molar-refractivity contribution is 5.93. The number of aromatic nitrogens is 4. The van der Waals surface area contributed by atoms with Crippen LogP contribution in [0.5, 0.6) is 11.5 Å². The largest absolute Gasteiger partial charge is 0.497 e. The molecule has 1 aromatic carbocycles. The zero-order valence-corrected chi connectivity index (χ0v) is 15.9. The van der Waals surface area contributed by atoms with E-state index in [4.69, 9.17) is 9.47 Å². The second-order valence-electron chi connectivity index (χ2n) is 6.03. The first-order chi connectivity index (χ1) is 13.5. The van der Waals surface area contributed by atoms with Crippen LogP contribution in [0.1, 0.15) is 16.2 Å². The molecular formula is C19H21N5O4. The molecule has 0 spiro atoms. The molecule has 28 heavy (non-hydrogen) atoms. The maximum atomic E-state index is 12.4. The molecule has 0 atom stereocenters. The van der Waals surface area contributed by atoms with E-state index in [1.165, 1.54) is 10.7 Å². The van der Waals surface area contributed by atoms with Gasteiger partial charge >= 0.3 is 0 Å². The summed E-state index contributed by atoms with van der Waals surface area (Å²) < 4.78 is 11.9. The van der Waals surface area contributed by atoms with Gasteiger partial charge in [-0.25, -0.2) is 4.68 Å². The Morgan fingerprint density at radius 2 is 2.00 bits per heavy atom. The maximum absolute atomic E-state index is 12.4. The van der Waals surface area contributed by atoms with Crippen LogP contribution < -0.4 is 20.3 Å². The highest BCUT2D eigenvalue weighted by atomic mass is 16.5. The van der Waals surface area contributed by atoms with Crippen molar-refractivity contribution >= 4 is 5.91 Å². The van der Waals surface area contributed by atoms with E-state index < -0.39 is 0 Å². The topological polar surface area (TPSA) is 111 Å². The minimum Gasteiger partial charge on any atom is -0.497 e. The SMILES string of the molecule is COc1ccc(OC)c(-c2cc(C(=O)NCCn3nc(C)ccc3=O)[nH]n2)c1. The van der Waals surface area contributed by atoms with Crippen LogP contribution in [0, 0.1) is 6.92 Å². The average molecular weight is 383 g/mol. The van der Waals surface area contributed by atoms with E-state index >= 15 is 0 Å². The fourth-order valence-corrected chi connectivity index (χ4v) is 2.67. The Hall–Kier alpha value is -3.62. The summed E-state index contributed by atoms with van der Waals surface area (Å²) in [5.41, 5.74) is 2.07. The van der Waals surface area contributed by atoms with Gasteiger partial charge in [0.2, 0.25) is 0 Å². The molecule has 0 unspecified atom stereocenters. The normalized spacial score (nSPS) is 10.5. The molecule has 2 N–H and O–H groups in total. The van der Waals surface area contributed by atoms with Crippen LogP contribution in [0.15, 0.2) is 41.2 Å². The maximum Gasteiger partial charge on any atom is 0.269 e. The summed E-state index contributed by atoms with van der Waals surface area (Å²) >= 11 is 0. The number of aryl methyl sites for hydroxylation is 1. The summed E-state index contributed by atoms with van der Waals surface area (Å²) in [5, 5.41) is 13.8. The number of benzene rings is 1. The number of aromatic amines is 1. The molecule has 0 aliphatic carbocycles. The molecule has 0 radical (unpaired) electrons. The van der Waals surface area contributed by atoms with E-state index in [2.05, 4.69) is 20.6 Å². The quantitative estimate of drug-likeness (QED) is 0.638. The first-order valence-electron chi connectivity index (χ1n) is 8.62. The first-order valence-corrected chi connectivity index (χ1v) is 8.62. The summed E-state index contributed by atoms with van der Waals surface area (Å²) in [6, 6.07) is 10.1. The Morgan fingerprint density at radius 3 is 2.75 bits per heavy atom. The number of methoxy groups -OCH3 is 2. The van der Waals surface area contributed by atoms with Gasteiger partial charge in [0.05, 0.1) is 32.2 Å². The number of carbonyl (C=O) groups excluding carboxylic acids is 1. The molecule has 0 aliphatic rings. The van der Waals surface area contributed by atoms with E-state index in [0.717, 1.165) is 5.69 Å². The van der Waals surface area contributed by atoms with Gasteiger partial charge in [0.1, 0.15) is 17.2 Å². The molecule has 0 bridgehead atoms. The van der Waals surface area contributed by atoms with Gasteiger partial charge in [-0.15, -0.1) is 0 Å². The van der Waals surface area contributed by atoms with Gasteiger partial charge in [-0.1, -0.05) is 0 Å². The first kappa shape index (κ1) is 19.2. The molecule has 3 rings (SSSR count). The van der Waals surface area contributed by atoms with Gasteiger partial charge in [-0.3, -0.25) is 14.7 Å². The highest BCUT2D eigenvalue weighted by Crippen LogP contribution is 2.32. The third-order valence-electron chi connectivity index (χ3n) is 4.11. The van der Waals surface area contributed by atoms with Crippen molar-refractivity contribution in [3.8, 4) is 22.8 Å². The van der Waals surface area contributed by atoms with Crippen LogP contribution in [-0.4, -0.2) is 46.6 Å². The number of H-pyrrole nitrogens is 1. The number of nitrogens with one attached hydrogen (secondary N) is 2. The number of hydrogen-bond donors (Lipinski definition) is 2. The minimum atomic E-state index is -0.332. The predicted molar refractivity (Wildman–Crippen MR) is 103 cm³/mol. The number of carbonyl (C=O) groups is 1. The molecule has 0 aliphatic heterocycles. The average Bonchev–Trinajstić information content (AvgIpc) is 3.20. The van der Waals surface area contributed by atoms with E-state index in [-0.39, 0.29) is 24.6 Å². The number of amides is 1. The number of ether oxygens (including phenoxy) is 2. The van der Waals surface area contributed by atoms with Crippen molar-refractivity contribution in [3.63, 3.8) is 0 Å². The lowest BCUT2D eigenvalue weighted by molar-refractivity contribution is 0.0946. The van der Waals surface area contributed by atoms with Crippen LogP contribution in [0.25, 0.3) is 11.3 Å². The Kier molecular flexibility index (Phi) is 5.73. The van der Waals surface area contributed by atoms with Crippen LogP contribution in [0.2, 0.25) is 0 Å². The van der Waals surface area contributed by atoms with Crippen LogP contribution >= 0.6 is 0 Å². The standard InChI is InChI=1S/C19H21N5O4/c1-12-4-7-18(25)24(23-12)9-8-20-19(26)16-11-15(21-22-16)14-10-13(27-2)5-6-17(14)28-3/h4-7,10-11H,8-9H2,1-3H3,(H,20,26)(H,21,22). The van der Waals surface area contributed by atoms with Gasteiger partial charge in [0.25, 0.3) is 11.5 Å². The second kappa shape index (κ2) is 8.38. The molecule has 2 heterocycles. The van der Waals surface area contributed by atoms with Gasteiger partial charge < -0.3 is 14.8 Å². The van der Waals surface area contributed by atoms with Crippen molar-refractivity contribution < 1.29 is 14.3 Å². The minimum absolute atomic E-state index is 0.214. The molecule has 3 aromatic rings. The van der Waals surface area contributed by atoms with Crippen molar-refractivity contribution in [1.82, 2.24) is 25.3 Å². The number of nitrogens with zero attached hydrogens (tertiary/aromatic N) is 3. The van der Waals surface area contributed by atoms with E-state index in [9.17, 15) is 9.59 Å². The Balaban J connectivity index is 1.69. The molecular weight excluding hydrogens is 362 g/mol. The van der Waals surface area contributed by atoms with Gasteiger partial charge in [-0.2, -0.15) is 10.2 Å². The summed E-state index contributed by atoms with van der Waals surface area (Å²) in [6.07, 6.45) is 0. The smallest absolute Gasteiger partial charge is 0.269 e. The van der Waals surface area contributed by atoms with Crippen LogP contribution in [-0.2, 0) is 6.54 Å². The van der Waals surface area contributed by atoms with E-state index in [1.54, 1.807) is 51.5 Å². The fraction of sp³-hybridized carbons (Fsp3) is 0.263. The molecule has 9 heteroatoms. The van der Waals surface area contributed by atoms with Gasteiger partial charge in [-0.05, 0) is 37.3 Å². The summed E-state index contributed by atoms with van der Waals surface area (Å²) in [7, 11) is 3.14. The Labute approximate surface area is 161 Å². The van der Waals surface area contributed by atoms with Gasteiger partial charge in [0.15, 0.2) is 0 Å². The zero-order chi connectivity index (χ0) is 20.1. The molecule has 1 amide bonds. The lowest BCUT2D eigenvalue weighted by Crippen LogP contribution is -2.32. The molecule has 146 valence electrons. The second-order valence-corrected chi connectivity index (χ2v) is 6.03. The Morgan fingerprint density at radius 1 is 1.18 bits per heavy atom. The lowest BCUT2D eigenvalue weighted by Gasteiger charge is -2.08. The molecule has 0 saturated carbocycles. The summed E-state index contributed by atoms with van der Waals surface area (Å²) in [4.78, 5) is 24.1. The number of rotatable bonds is 7. The Bertz CT molecular complexity index is 1040. The van der Waals surface area contributed by atoms with Crippen LogP contribution in [0.4, 0.5) is 0 Å². The molecule has 2 aromatic heterocycles. The summed E-state index contributed by atoms with van der Waals surface area (Å²) in [6.45, 7) is 2.33. The zero-order valence-electron chi connectivity index (χ0n) is 15.9. The fourth-order valence-electron chi connectivity index (χ4n) is 2.67. The molecule has 9 nitrogen and oxygen atoms in total.